The maximum Gasteiger partial charge on any atom is 0.231 e. The summed E-state index contributed by atoms with van der Waals surface area (Å²) in [5.74, 6) is -0.152. The molecule has 70 valence electrons. The smallest absolute Gasteiger partial charge is 0.231 e. The molecule has 0 unspecified atom stereocenters. The summed E-state index contributed by atoms with van der Waals surface area (Å²) < 4.78 is 0. The Bertz CT molecular complexity index is 195. The Balaban J connectivity index is 4.49. The fourth-order valence-corrected chi connectivity index (χ4v) is 0.833. The van der Waals surface area contributed by atoms with E-state index in [-0.39, 0.29) is 12.6 Å². The van der Waals surface area contributed by atoms with Gasteiger partial charge in [-0.25, -0.2) is 0 Å². The molecule has 0 aromatic rings. The highest BCUT2D eigenvalue weighted by Gasteiger charge is 2.28. The molecule has 0 atom stereocenters. The fourth-order valence-electron chi connectivity index (χ4n) is 0.833. The van der Waals surface area contributed by atoms with Crippen LogP contribution < -0.4 is 5.32 Å². The molecule has 0 aromatic carbocycles. The molecule has 0 fully saturated rings. The van der Waals surface area contributed by atoms with Crippen molar-refractivity contribution in [2.75, 3.05) is 6.73 Å². The van der Waals surface area contributed by atoms with Gasteiger partial charge in [0.2, 0.25) is 5.91 Å². The number of aliphatic hydroxyl groups excluding tert-OH is 1. The van der Waals surface area contributed by atoms with Gasteiger partial charge in [-0.15, -0.1) is 0 Å². The first kappa shape index (κ1) is 11.2. The lowest BCUT2D eigenvalue weighted by Crippen LogP contribution is -2.38. The average molecular weight is 171 g/mol. The van der Waals surface area contributed by atoms with Gasteiger partial charge >= 0.3 is 0 Å². The molecule has 0 rings (SSSR count). The third kappa shape index (κ3) is 2.34. The number of nitrogens with one attached hydrogen (secondary N) is 1. The zero-order chi connectivity index (χ0) is 9.78. The third-order valence-electron chi connectivity index (χ3n) is 2.23. The standard InChI is InChI=1S/C9H17NO2/c1-5-7(2)9(3,4)8(12)10-6-11/h5,11H,6H2,1-4H3,(H,10,12). The van der Waals surface area contributed by atoms with Crippen molar-refractivity contribution in [3.63, 3.8) is 0 Å². The van der Waals surface area contributed by atoms with Crippen molar-refractivity contribution >= 4 is 5.91 Å². The Morgan fingerprint density at radius 1 is 1.58 bits per heavy atom. The number of hydrogen-bond acceptors (Lipinski definition) is 2. The van der Waals surface area contributed by atoms with Crippen LogP contribution in [0.3, 0.4) is 0 Å². The van der Waals surface area contributed by atoms with Crippen LogP contribution in [0.15, 0.2) is 11.6 Å². The molecule has 0 aromatic heterocycles. The lowest BCUT2D eigenvalue weighted by molar-refractivity contribution is -0.128. The SMILES string of the molecule is CC=C(C)C(C)(C)C(=O)NCO. The van der Waals surface area contributed by atoms with Gasteiger partial charge in [-0.3, -0.25) is 4.79 Å². The van der Waals surface area contributed by atoms with Crippen LogP contribution >= 0.6 is 0 Å². The molecule has 0 radical (unpaired) electrons. The van der Waals surface area contributed by atoms with Gasteiger partial charge in [-0.2, -0.15) is 0 Å². The van der Waals surface area contributed by atoms with E-state index in [2.05, 4.69) is 5.32 Å². The van der Waals surface area contributed by atoms with Gasteiger partial charge < -0.3 is 10.4 Å². The summed E-state index contributed by atoms with van der Waals surface area (Å²) in [6.45, 7) is 7.14. The second-order valence-corrected chi connectivity index (χ2v) is 3.26. The highest BCUT2D eigenvalue weighted by Crippen LogP contribution is 2.25. The second-order valence-electron chi connectivity index (χ2n) is 3.26. The van der Waals surface area contributed by atoms with Gasteiger partial charge in [0, 0.05) is 0 Å². The molecule has 12 heavy (non-hydrogen) atoms. The van der Waals surface area contributed by atoms with Crippen LogP contribution in [0.4, 0.5) is 0 Å². The minimum absolute atomic E-state index is 0.152. The molecule has 0 saturated heterocycles. The van der Waals surface area contributed by atoms with Gasteiger partial charge in [0.1, 0.15) is 6.73 Å². The van der Waals surface area contributed by atoms with E-state index in [0.717, 1.165) is 5.57 Å². The highest BCUT2D eigenvalue weighted by molar-refractivity contribution is 5.84. The number of aliphatic hydroxyl groups is 1. The number of amides is 1. The van der Waals surface area contributed by atoms with Gasteiger partial charge in [0.25, 0.3) is 0 Å². The molecular formula is C9H17NO2. The van der Waals surface area contributed by atoms with E-state index < -0.39 is 5.41 Å². The number of hydrogen-bond donors (Lipinski definition) is 2. The predicted molar refractivity (Wildman–Crippen MR) is 48.4 cm³/mol. The number of allylic oxidation sites excluding steroid dienone is 1. The molecule has 0 heterocycles. The van der Waals surface area contributed by atoms with E-state index in [1.807, 2.05) is 33.8 Å². The van der Waals surface area contributed by atoms with Crippen LogP contribution in [0.2, 0.25) is 0 Å². The monoisotopic (exact) mass is 171 g/mol. The van der Waals surface area contributed by atoms with Crippen LogP contribution in [0, 0.1) is 5.41 Å². The summed E-state index contributed by atoms with van der Waals surface area (Å²) in [5.41, 5.74) is 0.464. The number of carbonyl (C=O) groups excluding carboxylic acids is 1. The van der Waals surface area contributed by atoms with E-state index in [1.165, 1.54) is 0 Å². The van der Waals surface area contributed by atoms with Crippen molar-refractivity contribution < 1.29 is 9.90 Å². The van der Waals surface area contributed by atoms with Gasteiger partial charge in [0.15, 0.2) is 0 Å². The van der Waals surface area contributed by atoms with E-state index in [4.69, 9.17) is 5.11 Å². The Hall–Kier alpha value is -0.830. The zero-order valence-electron chi connectivity index (χ0n) is 8.14. The summed E-state index contributed by atoms with van der Waals surface area (Å²) in [5, 5.41) is 10.9. The fraction of sp³-hybridized carbons (Fsp3) is 0.667. The summed E-state index contributed by atoms with van der Waals surface area (Å²) in [4.78, 5) is 11.4. The van der Waals surface area contributed by atoms with E-state index in [0.29, 0.717) is 0 Å². The van der Waals surface area contributed by atoms with E-state index >= 15 is 0 Å². The molecule has 1 amide bonds. The molecular weight excluding hydrogens is 154 g/mol. The molecule has 0 aliphatic carbocycles. The van der Waals surface area contributed by atoms with Gasteiger partial charge in [0.05, 0.1) is 5.41 Å². The third-order valence-corrected chi connectivity index (χ3v) is 2.23. The maximum absolute atomic E-state index is 11.4. The van der Waals surface area contributed by atoms with Crippen molar-refractivity contribution in [2.24, 2.45) is 5.41 Å². The Labute approximate surface area is 73.5 Å². The normalized spacial score (nSPS) is 12.9. The van der Waals surface area contributed by atoms with Gasteiger partial charge in [-0.05, 0) is 27.7 Å². The first-order chi connectivity index (χ1) is 5.46. The highest BCUT2D eigenvalue weighted by atomic mass is 16.3. The second kappa shape index (κ2) is 4.26. The van der Waals surface area contributed by atoms with Crippen LogP contribution in [0.25, 0.3) is 0 Å². The van der Waals surface area contributed by atoms with Crippen LogP contribution in [0.1, 0.15) is 27.7 Å². The minimum atomic E-state index is -0.530. The van der Waals surface area contributed by atoms with Crippen molar-refractivity contribution in [1.82, 2.24) is 5.32 Å². The lowest BCUT2D eigenvalue weighted by atomic mass is 9.84. The van der Waals surface area contributed by atoms with Crippen molar-refractivity contribution in [2.45, 2.75) is 27.7 Å². The summed E-state index contributed by atoms with van der Waals surface area (Å²) in [6.07, 6.45) is 1.90. The number of carbonyl (C=O) groups is 1. The zero-order valence-corrected chi connectivity index (χ0v) is 8.14. The largest absolute Gasteiger partial charge is 0.377 e. The quantitative estimate of drug-likeness (QED) is 0.492. The average Bonchev–Trinajstić information content (AvgIpc) is 2.03. The van der Waals surface area contributed by atoms with Gasteiger partial charge in [-0.1, -0.05) is 11.6 Å². The van der Waals surface area contributed by atoms with Crippen molar-refractivity contribution in [3.05, 3.63) is 11.6 Å². The van der Waals surface area contributed by atoms with Crippen LogP contribution in [-0.4, -0.2) is 17.7 Å². The molecule has 0 saturated carbocycles. The summed E-state index contributed by atoms with van der Waals surface area (Å²) in [6, 6.07) is 0. The topological polar surface area (TPSA) is 49.3 Å². The Morgan fingerprint density at radius 3 is 2.42 bits per heavy atom. The summed E-state index contributed by atoms with van der Waals surface area (Å²) >= 11 is 0. The molecule has 0 spiro atoms. The van der Waals surface area contributed by atoms with Crippen molar-refractivity contribution in [3.8, 4) is 0 Å². The Morgan fingerprint density at radius 2 is 2.08 bits per heavy atom. The van der Waals surface area contributed by atoms with Crippen LogP contribution in [-0.2, 0) is 4.79 Å². The molecule has 0 aliphatic heterocycles. The first-order valence-electron chi connectivity index (χ1n) is 3.99. The summed E-state index contributed by atoms with van der Waals surface area (Å²) in [7, 11) is 0. The van der Waals surface area contributed by atoms with E-state index in [1.54, 1.807) is 0 Å². The lowest BCUT2D eigenvalue weighted by Gasteiger charge is -2.23. The molecule has 0 bridgehead atoms. The molecule has 3 nitrogen and oxygen atoms in total. The minimum Gasteiger partial charge on any atom is -0.377 e. The number of rotatable bonds is 3. The molecule has 2 N–H and O–H groups in total. The van der Waals surface area contributed by atoms with E-state index in [9.17, 15) is 4.79 Å². The predicted octanol–water partition coefficient (Wildman–Crippen LogP) is 1.04. The first-order valence-corrected chi connectivity index (χ1v) is 3.99. The molecule has 0 aliphatic rings. The molecule has 3 heteroatoms. The van der Waals surface area contributed by atoms with Crippen LogP contribution in [0.5, 0.6) is 0 Å². The Kier molecular flexibility index (Phi) is 3.96. The van der Waals surface area contributed by atoms with Crippen molar-refractivity contribution in [1.29, 1.82) is 0 Å². The maximum atomic E-state index is 11.4.